The molecule has 4 rings (SSSR count). The van der Waals surface area contributed by atoms with E-state index < -0.39 is 0 Å². The number of likely N-dealkylation sites (N-methyl/N-ethyl adjacent to an activating group) is 1. The minimum atomic E-state index is -0.387. The first-order valence-corrected chi connectivity index (χ1v) is 9.48. The standard InChI is InChI=1S/C22H25N3O2/c1-24(2)14-12-23-21(26)19-17-9-5-6-10-18(17)22(27)25-13-11-15-7-3-4-8-16(15)20(19)25/h3-10,19-20H,11-14H2,1-2H3,(H,23,26). The van der Waals surface area contributed by atoms with Crippen LogP contribution in [0.2, 0.25) is 0 Å². The Bertz CT molecular complexity index is 877. The SMILES string of the molecule is CN(C)CCNC(=O)C1c2ccccc2C(=O)N2CCc3ccccc3C12. The molecule has 0 spiro atoms. The molecular formula is C22H25N3O2. The highest BCUT2D eigenvalue weighted by Crippen LogP contribution is 2.45. The van der Waals surface area contributed by atoms with Crippen LogP contribution in [0.1, 0.15) is 39.0 Å². The largest absolute Gasteiger partial charge is 0.354 e. The van der Waals surface area contributed by atoms with Crippen LogP contribution >= 0.6 is 0 Å². The van der Waals surface area contributed by atoms with Gasteiger partial charge in [0.25, 0.3) is 5.91 Å². The number of carbonyl (C=O) groups excluding carboxylic acids is 2. The van der Waals surface area contributed by atoms with E-state index in [2.05, 4.69) is 17.4 Å². The van der Waals surface area contributed by atoms with Crippen LogP contribution in [-0.2, 0) is 11.2 Å². The summed E-state index contributed by atoms with van der Waals surface area (Å²) in [5.74, 6) is -0.367. The Hall–Kier alpha value is -2.66. The van der Waals surface area contributed by atoms with Crippen LogP contribution in [0.3, 0.4) is 0 Å². The van der Waals surface area contributed by atoms with Crippen LogP contribution in [-0.4, -0.2) is 55.3 Å². The Morgan fingerprint density at radius 2 is 1.81 bits per heavy atom. The molecular weight excluding hydrogens is 338 g/mol. The van der Waals surface area contributed by atoms with Crippen molar-refractivity contribution in [3.05, 3.63) is 70.8 Å². The number of hydrogen-bond donors (Lipinski definition) is 1. The Labute approximate surface area is 160 Å². The van der Waals surface area contributed by atoms with Crippen molar-refractivity contribution in [2.24, 2.45) is 0 Å². The van der Waals surface area contributed by atoms with Gasteiger partial charge in [0.15, 0.2) is 0 Å². The lowest BCUT2D eigenvalue weighted by Crippen LogP contribution is -2.50. The average molecular weight is 363 g/mol. The molecule has 2 heterocycles. The second-order valence-electron chi connectivity index (χ2n) is 7.55. The van der Waals surface area contributed by atoms with Crippen LogP contribution < -0.4 is 5.32 Å². The average Bonchev–Trinajstić information content (AvgIpc) is 2.68. The van der Waals surface area contributed by atoms with E-state index in [9.17, 15) is 9.59 Å². The summed E-state index contributed by atoms with van der Waals surface area (Å²) < 4.78 is 0. The topological polar surface area (TPSA) is 52.7 Å². The van der Waals surface area contributed by atoms with Crippen molar-refractivity contribution in [3.63, 3.8) is 0 Å². The van der Waals surface area contributed by atoms with Crippen LogP contribution in [0.4, 0.5) is 0 Å². The van der Waals surface area contributed by atoms with Gasteiger partial charge in [-0.3, -0.25) is 9.59 Å². The third-order valence-electron chi connectivity index (χ3n) is 5.58. The van der Waals surface area contributed by atoms with Gasteiger partial charge in [0, 0.05) is 25.2 Å². The summed E-state index contributed by atoms with van der Waals surface area (Å²) in [4.78, 5) is 30.3. The number of amides is 2. The molecule has 0 aromatic heterocycles. The van der Waals surface area contributed by atoms with Crippen molar-refractivity contribution in [1.29, 1.82) is 0 Å². The van der Waals surface area contributed by atoms with Gasteiger partial charge in [0.2, 0.25) is 5.91 Å². The van der Waals surface area contributed by atoms with E-state index in [1.165, 1.54) is 5.56 Å². The number of carbonyl (C=O) groups is 2. The maximum absolute atomic E-state index is 13.2. The fourth-order valence-electron chi connectivity index (χ4n) is 4.27. The number of fused-ring (bicyclic) bond motifs is 4. The zero-order valence-corrected chi connectivity index (χ0v) is 15.8. The van der Waals surface area contributed by atoms with E-state index >= 15 is 0 Å². The third kappa shape index (κ3) is 3.12. The summed E-state index contributed by atoms with van der Waals surface area (Å²) in [5.41, 5.74) is 3.82. The van der Waals surface area contributed by atoms with Gasteiger partial charge in [-0.05, 0) is 43.3 Å². The highest BCUT2D eigenvalue weighted by Gasteiger charge is 2.45. The molecule has 0 fully saturated rings. The number of hydrogen-bond acceptors (Lipinski definition) is 3. The molecule has 1 N–H and O–H groups in total. The van der Waals surface area contributed by atoms with Gasteiger partial charge in [-0.1, -0.05) is 42.5 Å². The van der Waals surface area contributed by atoms with Crippen LogP contribution in [0.25, 0.3) is 0 Å². The van der Waals surface area contributed by atoms with Crippen molar-refractivity contribution in [2.45, 2.75) is 18.4 Å². The normalized spacial score (nSPS) is 20.7. The summed E-state index contributed by atoms with van der Waals surface area (Å²) >= 11 is 0. The first kappa shape index (κ1) is 17.7. The van der Waals surface area contributed by atoms with Gasteiger partial charge in [0.1, 0.15) is 0 Å². The molecule has 2 aromatic carbocycles. The highest BCUT2D eigenvalue weighted by atomic mass is 16.2. The number of nitrogens with zero attached hydrogens (tertiary/aromatic N) is 2. The van der Waals surface area contributed by atoms with Gasteiger partial charge in [-0.25, -0.2) is 0 Å². The summed E-state index contributed by atoms with van der Waals surface area (Å²) in [6.07, 6.45) is 0.829. The molecule has 2 atom stereocenters. The van der Waals surface area contributed by atoms with E-state index in [-0.39, 0.29) is 23.8 Å². The van der Waals surface area contributed by atoms with E-state index in [4.69, 9.17) is 0 Å². The van der Waals surface area contributed by atoms with Crippen molar-refractivity contribution >= 4 is 11.8 Å². The molecule has 2 aliphatic heterocycles. The molecule has 2 amide bonds. The molecule has 0 saturated heterocycles. The second kappa shape index (κ2) is 7.16. The smallest absolute Gasteiger partial charge is 0.254 e. The minimum absolute atomic E-state index is 0.0106. The molecule has 0 bridgehead atoms. The zero-order valence-electron chi connectivity index (χ0n) is 15.8. The first-order chi connectivity index (χ1) is 13.1. The Morgan fingerprint density at radius 3 is 2.59 bits per heavy atom. The minimum Gasteiger partial charge on any atom is -0.354 e. The molecule has 2 unspecified atom stereocenters. The highest BCUT2D eigenvalue weighted by molar-refractivity contribution is 6.01. The van der Waals surface area contributed by atoms with Crippen LogP contribution in [0.15, 0.2) is 48.5 Å². The monoisotopic (exact) mass is 363 g/mol. The predicted octanol–water partition coefficient (Wildman–Crippen LogP) is 2.20. The third-order valence-corrected chi connectivity index (χ3v) is 5.58. The number of benzene rings is 2. The molecule has 2 aliphatic rings. The molecule has 5 heteroatoms. The fourth-order valence-corrected chi connectivity index (χ4v) is 4.27. The van der Waals surface area contributed by atoms with Crippen LogP contribution in [0, 0.1) is 0 Å². The molecule has 140 valence electrons. The van der Waals surface area contributed by atoms with Crippen molar-refractivity contribution < 1.29 is 9.59 Å². The fraction of sp³-hybridized carbons (Fsp3) is 0.364. The molecule has 0 saturated carbocycles. The zero-order chi connectivity index (χ0) is 19.0. The van der Waals surface area contributed by atoms with E-state index in [1.54, 1.807) is 0 Å². The van der Waals surface area contributed by atoms with Crippen molar-refractivity contribution in [2.75, 3.05) is 33.7 Å². The molecule has 2 aromatic rings. The van der Waals surface area contributed by atoms with Crippen molar-refractivity contribution in [1.82, 2.24) is 15.1 Å². The lowest BCUT2D eigenvalue weighted by molar-refractivity contribution is -0.124. The van der Waals surface area contributed by atoms with Gasteiger partial charge >= 0.3 is 0 Å². The lowest BCUT2D eigenvalue weighted by Gasteiger charge is -2.45. The maximum atomic E-state index is 13.2. The van der Waals surface area contributed by atoms with Gasteiger partial charge in [-0.2, -0.15) is 0 Å². The van der Waals surface area contributed by atoms with E-state index in [1.807, 2.05) is 60.3 Å². The quantitative estimate of drug-likeness (QED) is 0.906. The molecule has 5 nitrogen and oxygen atoms in total. The number of rotatable bonds is 4. The molecule has 0 radical (unpaired) electrons. The lowest BCUT2D eigenvalue weighted by atomic mass is 9.76. The predicted molar refractivity (Wildman–Crippen MR) is 105 cm³/mol. The van der Waals surface area contributed by atoms with E-state index in [0.29, 0.717) is 18.7 Å². The Morgan fingerprint density at radius 1 is 1.11 bits per heavy atom. The maximum Gasteiger partial charge on any atom is 0.254 e. The van der Waals surface area contributed by atoms with Gasteiger partial charge in [-0.15, -0.1) is 0 Å². The first-order valence-electron chi connectivity index (χ1n) is 9.48. The summed E-state index contributed by atoms with van der Waals surface area (Å²) in [6, 6.07) is 15.5. The van der Waals surface area contributed by atoms with Crippen LogP contribution in [0.5, 0.6) is 0 Å². The van der Waals surface area contributed by atoms with E-state index in [0.717, 1.165) is 24.1 Å². The number of nitrogens with one attached hydrogen (secondary N) is 1. The Kier molecular flexibility index (Phi) is 4.70. The second-order valence-corrected chi connectivity index (χ2v) is 7.55. The molecule has 27 heavy (non-hydrogen) atoms. The molecule has 0 aliphatic carbocycles. The Balaban J connectivity index is 1.77. The summed E-state index contributed by atoms with van der Waals surface area (Å²) in [6.45, 7) is 2.02. The summed E-state index contributed by atoms with van der Waals surface area (Å²) in [5, 5.41) is 3.08. The van der Waals surface area contributed by atoms with Gasteiger partial charge in [0.05, 0.1) is 12.0 Å². The summed E-state index contributed by atoms with van der Waals surface area (Å²) in [7, 11) is 3.97. The van der Waals surface area contributed by atoms with Gasteiger partial charge < -0.3 is 15.1 Å². The van der Waals surface area contributed by atoms with Crippen molar-refractivity contribution in [3.8, 4) is 0 Å².